The molecule has 0 aliphatic carbocycles. The number of methoxy groups -OCH3 is 1. The number of nitrogens with one attached hydrogen (secondary N) is 1. The van der Waals surface area contributed by atoms with Crippen LogP contribution in [0.5, 0.6) is 11.6 Å². The number of hydrogen-bond acceptors (Lipinski definition) is 5. The lowest BCUT2D eigenvalue weighted by Gasteiger charge is -2.11. The molecule has 1 aromatic heterocycles. The highest BCUT2D eigenvalue weighted by Gasteiger charge is 2.12. The highest BCUT2D eigenvalue weighted by Crippen LogP contribution is 2.22. The summed E-state index contributed by atoms with van der Waals surface area (Å²) in [6.45, 7) is 0. The van der Waals surface area contributed by atoms with Crippen LogP contribution >= 0.6 is 28.1 Å². The molecule has 2 aromatic carbocycles. The molecule has 3 aromatic rings. The minimum Gasteiger partial charge on any atom is -0.497 e. The van der Waals surface area contributed by atoms with Gasteiger partial charge in [-0.3, -0.25) is 19.3 Å². The maximum absolute atomic E-state index is 12.2. The highest BCUT2D eigenvalue weighted by atomic mass is 79.9. The van der Waals surface area contributed by atoms with E-state index in [0.29, 0.717) is 17.1 Å². The van der Waals surface area contributed by atoms with Crippen molar-refractivity contribution in [3.63, 3.8) is 0 Å². The molecule has 0 bridgehead atoms. The second-order valence-corrected chi connectivity index (χ2v) is 6.57. The summed E-state index contributed by atoms with van der Waals surface area (Å²) in [7, 11) is 1.58. The number of rotatable bonds is 4. The summed E-state index contributed by atoms with van der Waals surface area (Å²) >= 11 is 8.54. The fraction of sp³-hybridized carbons (Fsp3) is 0.0556. The Morgan fingerprint density at radius 3 is 2.46 bits per heavy atom. The zero-order chi connectivity index (χ0) is 18.7. The topological polar surface area (TPSA) is 79.6 Å². The van der Waals surface area contributed by atoms with Crippen molar-refractivity contribution in [1.82, 2.24) is 9.55 Å². The van der Waals surface area contributed by atoms with Gasteiger partial charge in [0.1, 0.15) is 11.3 Å². The summed E-state index contributed by atoms with van der Waals surface area (Å²) < 4.78 is 7.45. The molecular weight excluding hydrogens is 418 g/mol. The number of nitrogens with zero attached hydrogens (tertiary/aromatic N) is 2. The van der Waals surface area contributed by atoms with E-state index in [0.717, 1.165) is 4.47 Å². The van der Waals surface area contributed by atoms with Crippen molar-refractivity contribution in [2.24, 2.45) is 4.99 Å². The lowest BCUT2D eigenvalue weighted by atomic mass is 10.2. The molecule has 0 saturated carbocycles. The van der Waals surface area contributed by atoms with Crippen molar-refractivity contribution in [2.75, 3.05) is 7.11 Å². The number of hydrogen-bond donors (Lipinski definition) is 2. The third kappa shape index (κ3) is 3.76. The number of aromatic nitrogens is 2. The van der Waals surface area contributed by atoms with Gasteiger partial charge in [0.2, 0.25) is 5.88 Å². The van der Waals surface area contributed by atoms with Crippen LogP contribution in [-0.4, -0.2) is 28.0 Å². The van der Waals surface area contributed by atoms with E-state index >= 15 is 0 Å². The Balaban J connectivity index is 2.05. The van der Waals surface area contributed by atoms with Gasteiger partial charge in [0.25, 0.3) is 5.56 Å². The lowest BCUT2D eigenvalue weighted by molar-refractivity contribution is 0.415. The fourth-order valence-corrected chi connectivity index (χ4v) is 2.84. The fourth-order valence-electron chi connectivity index (χ4n) is 2.29. The Morgan fingerprint density at radius 2 is 1.85 bits per heavy atom. The zero-order valence-electron chi connectivity index (χ0n) is 13.6. The van der Waals surface area contributed by atoms with Gasteiger partial charge >= 0.3 is 0 Å². The molecule has 8 heteroatoms. The van der Waals surface area contributed by atoms with Gasteiger partial charge in [0.05, 0.1) is 18.5 Å². The van der Waals surface area contributed by atoms with Gasteiger partial charge in [-0.1, -0.05) is 15.9 Å². The van der Waals surface area contributed by atoms with E-state index in [1.165, 1.54) is 10.8 Å². The summed E-state index contributed by atoms with van der Waals surface area (Å²) in [5, 5.41) is 10.6. The van der Waals surface area contributed by atoms with E-state index in [1.54, 1.807) is 43.5 Å². The molecular formula is C18H14BrN3O3S. The smallest absolute Gasteiger partial charge is 0.264 e. The van der Waals surface area contributed by atoms with E-state index in [4.69, 9.17) is 17.0 Å². The predicted molar refractivity (Wildman–Crippen MR) is 107 cm³/mol. The number of aromatic hydroxyl groups is 1. The lowest BCUT2D eigenvalue weighted by Crippen LogP contribution is -2.18. The van der Waals surface area contributed by atoms with Gasteiger partial charge in [-0.05, 0) is 60.7 Å². The Morgan fingerprint density at radius 1 is 1.19 bits per heavy atom. The molecule has 0 unspecified atom stereocenters. The monoisotopic (exact) mass is 431 g/mol. The highest BCUT2D eigenvalue weighted by molar-refractivity contribution is 9.10. The largest absolute Gasteiger partial charge is 0.497 e. The first kappa shape index (κ1) is 18.1. The van der Waals surface area contributed by atoms with E-state index in [1.807, 2.05) is 12.1 Å². The minimum absolute atomic E-state index is 0.0114. The van der Waals surface area contributed by atoms with Crippen LogP contribution in [0.2, 0.25) is 0 Å². The van der Waals surface area contributed by atoms with Crippen LogP contribution in [0.25, 0.3) is 5.69 Å². The number of halogens is 1. The Hall–Kier alpha value is -2.71. The zero-order valence-corrected chi connectivity index (χ0v) is 16.0. The standard InChI is InChI=1S/C18H14BrN3O3S/c1-25-14-8-4-12(5-9-14)20-10-15-16(23)21-18(26)22(17(15)24)13-6-2-11(19)3-7-13/h2-10,24H,1H3,(H,21,23,26). The molecule has 0 amide bonds. The Kier molecular flexibility index (Phi) is 5.34. The molecule has 0 spiro atoms. The summed E-state index contributed by atoms with van der Waals surface area (Å²) in [6, 6.07) is 14.1. The first-order valence-corrected chi connectivity index (χ1v) is 8.72. The third-order valence-corrected chi connectivity index (χ3v) is 4.43. The van der Waals surface area contributed by atoms with Crippen LogP contribution in [0.15, 0.2) is 62.8 Å². The van der Waals surface area contributed by atoms with Gasteiger partial charge in [0.15, 0.2) is 4.77 Å². The van der Waals surface area contributed by atoms with Crippen molar-refractivity contribution in [3.8, 4) is 17.3 Å². The molecule has 26 heavy (non-hydrogen) atoms. The minimum atomic E-state index is -0.516. The number of ether oxygens (including phenoxy) is 1. The van der Waals surface area contributed by atoms with Gasteiger partial charge in [-0.25, -0.2) is 0 Å². The van der Waals surface area contributed by atoms with Gasteiger partial charge in [-0.15, -0.1) is 0 Å². The summed E-state index contributed by atoms with van der Waals surface area (Å²) in [5.41, 5.74) is 0.726. The van der Waals surface area contributed by atoms with Gasteiger partial charge in [0, 0.05) is 10.7 Å². The number of benzene rings is 2. The second kappa shape index (κ2) is 7.67. The number of H-pyrrole nitrogens is 1. The first-order valence-electron chi connectivity index (χ1n) is 7.52. The first-order chi connectivity index (χ1) is 12.5. The SMILES string of the molecule is COc1ccc(N=Cc2c(O)n(-c3ccc(Br)cc3)c(=S)[nH]c2=O)cc1. The molecule has 0 atom stereocenters. The molecule has 2 N–H and O–H groups in total. The van der Waals surface area contributed by atoms with Crippen molar-refractivity contribution < 1.29 is 9.84 Å². The van der Waals surface area contributed by atoms with E-state index in [-0.39, 0.29) is 16.2 Å². The predicted octanol–water partition coefficient (Wildman–Crippen LogP) is 4.12. The quantitative estimate of drug-likeness (QED) is 0.480. The summed E-state index contributed by atoms with van der Waals surface area (Å²) in [6.07, 6.45) is 1.31. The maximum Gasteiger partial charge on any atom is 0.264 e. The van der Waals surface area contributed by atoms with Crippen molar-refractivity contribution in [3.05, 3.63) is 73.7 Å². The molecule has 1 heterocycles. The van der Waals surface area contributed by atoms with E-state index in [9.17, 15) is 9.90 Å². The van der Waals surface area contributed by atoms with Crippen molar-refractivity contribution in [1.29, 1.82) is 0 Å². The molecule has 0 radical (unpaired) electrons. The Labute approximate surface area is 162 Å². The molecule has 132 valence electrons. The molecule has 6 nitrogen and oxygen atoms in total. The summed E-state index contributed by atoms with van der Waals surface area (Å²) in [5.74, 6) is 0.423. The molecule has 0 aliphatic heterocycles. The average Bonchev–Trinajstić information content (AvgIpc) is 2.63. The van der Waals surface area contributed by atoms with Crippen LogP contribution in [0.3, 0.4) is 0 Å². The Bertz CT molecular complexity index is 1070. The normalized spacial score (nSPS) is 11.0. The summed E-state index contributed by atoms with van der Waals surface area (Å²) in [4.78, 5) is 19.0. The molecule has 0 aliphatic rings. The van der Waals surface area contributed by atoms with E-state index in [2.05, 4.69) is 25.9 Å². The van der Waals surface area contributed by atoms with Crippen molar-refractivity contribution >= 4 is 40.0 Å². The molecule has 3 rings (SSSR count). The number of aliphatic imine (C=N–C) groups is 1. The number of aromatic amines is 1. The van der Waals surface area contributed by atoms with Crippen LogP contribution in [0.4, 0.5) is 5.69 Å². The van der Waals surface area contributed by atoms with Crippen molar-refractivity contribution in [2.45, 2.75) is 0 Å². The molecule has 0 saturated heterocycles. The maximum atomic E-state index is 12.2. The molecule has 0 fully saturated rings. The van der Waals surface area contributed by atoms with Crippen LogP contribution in [0, 0.1) is 4.77 Å². The average molecular weight is 432 g/mol. The van der Waals surface area contributed by atoms with Crippen LogP contribution in [-0.2, 0) is 0 Å². The second-order valence-electron chi connectivity index (χ2n) is 5.26. The van der Waals surface area contributed by atoms with Crippen LogP contribution < -0.4 is 10.3 Å². The van der Waals surface area contributed by atoms with E-state index < -0.39 is 5.56 Å². The van der Waals surface area contributed by atoms with Gasteiger partial charge < -0.3 is 9.84 Å². The third-order valence-electron chi connectivity index (χ3n) is 3.62. The van der Waals surface area contributed by atoms with Crippen LogP contribution in [0.1, 0.15) is 5.56 Å². The van der Waals surface area contributed by atoms with Gasteiger partial charge in [-0.2, -0.15) is 0 Å².